The van der Waals surface area contributed by atoms with Crippen LogP contribution in [-0.2, 0) is 11.3 Å². The number of aromatic nitrogens is 1. The zero-order chi connectivity index (χ0) is 13.7. The van der Waals surface area contributed by atoms with Crippen LogP contribution < -0.4 is 5.32 Å². The predicted octanol–water partition coefficient (Wildman–Crippen LogP) is 3.13. The van der Waals surface area contributed by atoms with Gasteiger partial charge >= 0.3 is 0 Å². The van der Waals surface area contributed by atoms with Gasteiger partial charge in [-0.15, -0.1) is 0 Å². The van der Waals surface area contributed by atoms with Crippen LogP contribution in [-0.4, -0.2) is 18.0 Å². The molecule has 5 heteroatoms. The van der Waals surface area contributed by atoms with Gasteiger partial charge in [0.25, 0.3) is 5.91 Å². The summed E-state index contributed by atoms with van der Waals surface area (Å²) in [7, 11) is 1.63. The maximum atomic E-state index is 12.0. The van der Waals surface area contributed by atoms with Crippen molar-refractivity contribution in [1.29, 1.82) is 0 Å². The van der Waals surface area contributed by atoms with Gasteiger partial charge in [-0.05, 0) is 29.8 Å². The van der Waals surface area contributed by atoms with E-state index < -0.39 is 0 Å². The van der Waals surface area contributed by atoms with Gasteiger partial charge in [0.05, 0.1) is 6.61 Å². The lowest BCUT2D eigenvalue weighted by Crippen LogP contribution is -2.13. The number of anilines is 1. The van der Waals surface area contributed by atoms with Crippen molar-refractivity contribution < 1.29 is 9.53 Å². The van der Waals surface area contributed by atoms with Gasteiger partial charge in [0.2, 0.25) is 0 Å². The lowest BCUT2D eigenvalue weighted by molar-refractivity contribution is 0.102. The van der Waals surface area contributed by atoms with Crippen LogP contribution in [0.5, 0.6) is 0 Å². The van der Waals surface area contributed by atoms with Crippen LogP contribution in [0.1, 0.15) is 16.1 Å². The molecule has 0 aliphatic rings. The number of amides is 1. The number of benzene rings is 1. The SMILES string of the molecule is COCc1cccc(NC(=O)c2cccc(Cl)n2)c1. The summed E-state index contributed by atoms with van der Waals surface area (Å²) in [5.74, 6) is -0.294. The van der Waals surface area contributed by atoms with E-state index in [4.69, 9.17) is 16.3 Å². The number of hydrogen-bond acceptors (Lipinski definition) is 3. The number of hydrogen-bond donors (Lipinski definition) is 1. The van der Waals surface area contributed by atoms with E-state index in [9.17, 15) is 4.79 Å². The Kier molecular flexibility index (Phi) is 4.49. The molecule has 1 aromatic carbocycles. The predicted molar refractivity (Wildman–Crippen MR) is 74.4 cm³/mol. The third-order valence-electron chi connectivity index (χ3n) is 2.44. The number of carbonyl (C=O) groups excluding carboxylic acids is 1. The van der Waals surface area contributed by atoms with Gasteiger partial charge in [-0.1, -0.05) is 29.8 Å². The first kappa shape index (κ1) is 13.5. The van der Waals surface area contributed by atoms with Gasteiger partial charge in [0, 0.05) is 12.8 Å². The van der Waals surface area contributed by atoms with Crippen LogP contribution >= 0.6 is 11.6 Å². The minimum atomic E-state index is -0.294. The molecule has 0 saturated carbocycles. The number of ether oxygens (including phenoxy) is 1. The third-order valence-corrected chi connectivity index (χ3v) is 2.65. The van der Waals surface area contributed by atoms with Crippen molar-refractivity contribution in [3.63, 3.8) is 0 Å². The van der Waals surface area contributed by atoms with E-state index >= 15 is 0 Å². The summed E-state index contributed by atoms with van der Waals surface area (Å²) in [5, 5.41) is 3.06. The normalized spacial score (nSPS) is 10.2. The molecule has 4 nitrogen and oxygen atoms in total. The molecule has 0 aliphatic heterocycles. The van der Waals surface area contributed by atoms with E-state index in [1.165, 1.54) is 0 Å². The summed E-state index contributed by atoms with van der Waals surface area (Å²) in [4.78, 5) is 15.9. The Morgan fingerprint density at radius 2 is 2.11 bits per heavy atom. The molecule has 0 atom stereocenters. The van der Waals surface area contributed by atoms with Crippen molar-refractivity contribution in [3.05, 3.63) is 58.9 Å². The molecule has 0 radical (unpaired) electrons. The minimum absolute atomic E-state index is 0.282. The van der Waals surface area contributed by atoms with E-state index in [-0.39, 0.29) is 11.6 Å². The molecule has 1 aromatic heterocycles. The molecule has 1 amide bonds. The second-order valence-electron chi connectivity index (χ2n) is 3.93. The zero-order valence-electron chi connectivity index (χ0n) is 10.4. The molecule has 1 heterocycles. The number of carbonyl (C=O) groups is 1. The molecule has 19 heavy (non-hydrogen) atoms. The fourth-order valence-electron chi connectivity index (χ4n) is 1.64. The topological polar surface area (TPSA) is 51.2 Å². The second-order valence-corrected chi connectivity index (χ2v) is 4.32. The largest absolute Gasteiger partial charge is 0.380 e. The lowest BCUT2D eigenvalue weighted by Gasteiger charge is -2.07. The van der Waals surface area contributed by atoms with Gasteiger partial charge in [-0.3, -0.25) is 4.79 Å². The highest BCUT2D eigenvalue weighted by atomic mass is 35.5. The maximum Gasteiger partial charge on any atom is 0.274 e. The van der Waals surface area contributed by atoms with Crippen LogP contribution in [0.3, 0.4) is 0 Å². The third kappa shape index (κ3) is 3.77. The molecule has 0 unspecified atom stereocenters. The first-order valence-corrected chi connectivity index (χ1v) is 6.08. The van der Waals surface area contributed by atoms with E-state index in [1.54, 1.807) is 25.3 Å². The highest BCUT2D eigenvalue weighted by Crippen LogP contribution is 2.13. The molecule has 2 rings (SSSR count). The first-order valence-electron chi connectivity index (χ1n) is 5.71. The summed E-state index contributed by atoms with van der Waals surface area (Å²) in [6, 6.07) is 12.4. The fourth-order valence-corrected chi connectivity index (χ4v) is 1.80. The molecular formula is C14H13ClN2O2. The van der Waals surface area contributed by atoms with E-state index in [1.807, 2.05) is 24.3 Å². The van der Waals surface area contributed by atoms with E-state index in [0.717, 1.165) is 5.56 Å². The van der Waals surface area contributed by atoms with Crippen molar-refractivity contribution in [2.45, 2.75) is 6.61 Å². The van der Waals surface area contributed by atoms with Crippen LogP contribution in [0.4, 0.5) is 5.69 Å². The number of halogens is 1. The summed E-state index contributed by atoms with van der Waals surface area (Å²) >= 11 is 5.75. The number of pyridine rings is 1. The first-order chi connectivity index (χ1) is 9.19. The Morgan fingerprint density at radius 3 is 2.84 bits per heavy atom. The molecule has 98 valence electrons. The Morgan fingerprint density at radius 1 is 1.32 bits per heavy atom. The Bertz CT molecular complexity index is 587. The monoisotopic (exact) mass is 276 g/mol. The summed E-state index contributed by atoms with van der Waals surface area (Å²) in [6.07, 6.45) is 0. The molecule has 1 N–H and O–H groups in total. The van der Waals surface area contributed by atoms with Gasteiger partial charge < -0.3 is 10.1 Å². The smallest absolute Gasteiger partial charge is 0.274 e. The lowest BCUT2D eigenvalue weighted by atomic mass is 10.2. The molecule has 0 aliphatic carbocycles. The molecule has 2 aromatic rings. The molecule has 0 saturated heterocycles. The summed E-state index contributed by atoms with van der Waals surface area (Å²) < 4.78 is 5.05. The Labute approximate surface area is 116 Å². The summed E-state index contributed by atoms with van der Waals surface area (Å²) in [5.41, 5.74) is 1.96. The number of methoxy groups -OCH3 is 1. The van der Waals surface area contributed by atoms with Crippen LogP contribution in [0.2, 0.25) is 5.15 Å². The molecule has 0 spiro atoms. The molecule has 0 fully saturated rings. The van der Waals surface area contributed by atoms with Crippen LogP contribution in [0.25, 0.3) is 0 Å². The average Bonchev–Trinajstić information content (AvgIpc) is 2.39. The van der Waals surface area contributed by atoms with Crippen LogP contribution in [0.15, 0.2) is 42.5 Å². The maximum absolute atomic E-state index is 12.0. The van der Waals surface area contributed by atoms with E-state index in [0.29, 0.717) is 17.4 Å². The van der Waals surface area contributed by atoms with Gasteiger partial charge in [0.15, 0.2) is 0 Å². The van der Waals surface area contributed by atoms with Crippen LogP contribution in [0, 0.1) is 0 Å². The average molecular weight is 277 g/mol. The van der Waals surface area contributed by atoms with Crippen molar-refractivity contribution in [3.8, 4) is 0 Å². The second kappa shape index (κ2) is 6.31. The van der Waals surface area contributed by atoms with Crippen molar-refractivity contribution in [1.82, 2.24) is 4.98 Å². The molecule has 0 bridgehead atoms. The Hall–Kier alpha value is -1.91. The fraction of sp³-hybridized carbons (Fsp3) is 0.143. The van der Waals surface area contributed by atoms with Crippen molar-refractivity contribution in [2.75, 3.05) is 12.4 Å². The van der Waals surface area contributed by atoms with Crippen molar-refractivity contribution in [2.24, 2.45) is 0 Å². The summed E-state index contributed by atoms with van der Waals surface area (Å²) in [6.45, 7) is 0.499. The number of rotatable bonds is 4. The highest BCUT2D eigenvalue weighted by Gasteiger charge is 2.08. The highest BCUT2D eigenvalue weighted by molar-refractivity contribution is 6.29. The quantitative estimate of drug-likeness (QED) is 0.873. The van der Waals surface area contributed by atoms with E-state index in [2.05, 4.69) is 10.3 Å². The van der Waals surface area contributed by atoms with Gasteiger partial charge in [0.1, 0.15) is 10.8 Å². The minimum Gasteiger partial charge on any atom is -0.380 e. The number of nitrogens with zero attached hydrogens (tertiary/aromatic N) is 1. The van der Waals surface area contributed by atoms with Gasteiger partial charge in [-0.25, -0.2) is 4.98 Å². The molecular weight excluding hydrogens is 264 g/mol. The number of nitrogens with one attached hydrogen (secondary N) is 1. The zero-order valence-corrected chi connectivity index (χ0v) is 11.1. The standard InChI is InChI=1S/C14H13ClN2O2/c1-19-9-10-4-2-5-11(8-10)16-14(18)12-6-3-7-13(15)17-12/h2-8H,9H2,1H3,(H,16,18). The Balaban J connectivity index is 2.12. The van der Waals surface area contributed by atoms with Crippen molar-refractivity contribution >= 4 is 23.2 Å². The van der Waals surface area contributed by atoms with Gasteiger partial charge in [-0.2, -0.15) is 0 Å².